The summed E-state index contributed by atoms with van der Waals surface area (Å²) in [4.78, 5) is 12.5. The van der Waals surface area contributed by atoms with Gasteiger partial charge in [-0.2, -0.15) is 23.3 Å². The van der Waals surface area contributed by atoms with Gasteiger partial charge in [0.05, 0.1) is 5.92 Å². The first kappa shape index (κ1) is 19.9. The third kappa shape index (κ3) is 3.52. The van der Waals surface area contributed by atoms with Gasteiger partial charge in [0.2, 0.25) is 0 Å². The SMILES string of the molecule is Cc1cc(OCC(=O)N2N=C3CC[C@H](C)C[C@H]3[C@]2(O)C(F)(F)F)ccc1Cl. The summed E-state index contributed by atoms with van der Waals surface area (Å²) in [6, 6.07) is 4.65. The fourth-order valence-corrected chi connectivity index (χ4v) is 3.69. The normalized spacial score (nSPS) is 28.0. The number of fused-ring (bicyclic) bond motifs is 1. The minimum atomic E-state index is -5.04. The highest BCUT2D eigenvalue weighted by molar-refractivity contribution is 6.31. The first-order chi connectivity index (χ1) is 12.5. The Hall–Kier alpha value is -1.80. The molecule has 1 amide bonds. The van der Waals surface area contributed by atoms with Gasteiger partial charge in [-0.25, -0.2) is 0 Å². The van der Waals surface area contributed by atoms with Crippen LogP contribution in [0.2, 0.25) is 5.02 Å². The number of aliphatic hydroxyl groups is 1. The Labute approximate surface area is 159 Å². The quantitative estimate of drug-likeness (QED) is 0.830. The molecule has 0 unspecified atom stereocenters. The Morgan fingerprint density at radius 1 is 1.48 bits per heavy atom. The molecule has 0 aromatic heterocycles. The van der Waals surface area contributed by atoms with Gasteiger partial charge in [0.25, 0.3) is 11.6 Å². The van der Waals surface area contributed by atoms with E-state index < -0.39 is 30.3 Å². The minimum absolute atomic E-state index is 0.00571. The third-order valence-corrected chi connectivity index (χ3v) is 5.54. The van der Waals surface area contributed by atoms with Gasteiger partial charge in [-0.15, -0.1) is 0 Å². The molecule has 5 nitrogen and oxygen atoms in total. The van der Waals surface area contributed by atoms with E-state index in [1.807, 2.05) is 6.92 Å². The first-order valence-electron chi connectivity index (χ1n) is 8.62. The number of aryl methyl sites for hydroxylation is 1. The molecule has 9 heteroatoms. The third-order valence-electron chi connectivity index (χ3n) is 5.12. The van der Waals surface area contributed by atoms with Crippen LogP contribution < -0.4 is 4.74 Å². The van der Waals surface area contributed by atoms with Gasteiger partial charge in [0.15, 0.2) is 6.61 Å². The highest BCUT2D eigenvalue weighted by atomic mass is 35.5. The molecule has 0 bridgehead atoms. The second kappa shape index (κ2) is 6.98. The summed E-state index contributed by atoms with van der Waals surface area (Å²) in [6.45, 7) is 2.88. The fourth-order valence-electron chi connectivity index (χ4n) is 3.57. The van der Waals surface area contributed by atoms with E-state index in [0.29, 0.717) is 29.2 Å². The zero-order valence-corrected chi connectivity index (χ0v) is 15.6. The lowest BCUT2D eigenvalue weighted by atomic mass is 9.76. The zero-order chi connectivity index (χ0) is 20.0. The number of amides is 1. The highest BCUT2D eigenvalue weighted by Crippen LogP contribution is 2.49. The molecule has 1 aromatic rings. The number of hydrogen-bond donors (Lipinski definition) is 1. The maximum atomic E-state index is 13.7. The number of carbonyl (C=O) groups excluding carboxylic acids is 1. The van der Waals surface area contributed by atoms with Crippen LogP contribution in [0.1, 0.15) is 31.7 Å². The predicted molar refractivity (Wildman–Crippen MR) is 93.5 cm³/mol. The van der Waals surface area contributed by atoms with E-state index in [4.69, 9.17) is 16.3 Å². The Balaban J connectivity index is 1.81. The number of benzene rings is 1. The second-order valence-corrected chi connectivity index (χ2v) is 7.56. The number of alkyl halides is 3. The molecule has 1 aliphatic heterocycles. The van der Waals surface area contributed by atoms with Crippen molar-refractivity contribution < 1.29 is 27.8 Å². The van der Waals surface area contributed by atoms with Crippen molar-refractivity contribution in [1.29, 1.82) is 0 Å². The van der Waals surface area contributed by atoms with E-state index in [0.717, 1.165) is 0 Å². The second-order valence-electron chi connectivity index (χ2n) is 7.15. The van der Waals surface area contributed by atoms with Crippen molar-refractivity contribution in [2.24, 2.45) is 16.9 Å². The van der Waals surface area contributed by atoms with Crippen LogP contribution in [0.25, 0.3) is 0 Å². The molecular formula is C18H20ClF3N2O3. The van der Waals surface area contributed by atoms with Gasteiger partial charge in [-0.1, -0.05) is 18.5 Å². The summed E-state index contributed by atoms with van der Waals surface area (Å²) in [7, 11) is 0. The number of ether oxygens (including phenoxy) is 1. The minimum Gasteiger partial charge on any atom is -0.484 e. The molecule has 3 atom stereocenters. The average Bonchev–Trinajstić information content (AvgIpc) is 2.89. The molecule has 1 aromatic carbocycles. The van der Waals surface area contributed by atoms with E-state index in [1.165, 1.54) is 6.07 Å². The van der Waals surface area contributed by atoms with E-state index in [9.17, 15) is 23.1 Å². The summed E-state index contributed by atoms with van der Waals surface area (Å²) in [5, 5.41) is 15.0. The molecule has 0 radical (unpaired) electrons. The van der Waals surface area contributed by atoms with Gasteiger partial charge in [-0.05, 0) is 55.9 Å². The van der Waals surface area contributed by atoms with Gasteiger partial charge < -0.3 is 9.84 Å². The molecule has 1 saturated carbocycles. The first-order valence-corrected chi connectivity index (χ1v) is 9.00. The van der Waals surface area contributed by atoms with Gasteiger partial charge in [0, 0.05) is 10.7 Å². The number of halogens is 4. The lowest BCUT2D eigenvalue weighted by molar-refractivity contribution is -0.318. The lowest BCUT2D eigenvalue weighted by Gasteiger charge is -2.39. The number of carbonyl (C=O) groups is 1. The molecule has 0 spiro atoms. The summed E-state index contributed by atoms with van der Waals surface area (Å²) in [5.41, 5.74) is -2.42. The summed E-state index contributed by atoms with van der Waals surface area (Å²) >= 11 is 5.91. The largest absolute Gasteiger partial charge is 0.484 e. The van der Waals surface area contributed by atoms with Gasteiger partial charge in [0.1, 0.15) is 5.75 Å². The monoisotopic (exact) mass is 404 g/mol. The van der Waals surface area contributed by atoms with Crippen molar-refractivity contribution in [1.82, 2.24) is 5.01 Å². The number of nitrogens with zero attached hydrogens (tertiary/aromatic N) is 2. The van der Waals surface area contributed by atoms with E-state index in [2.05, 4.69) is 5.10 Å². The summed E-state index contributed by atoms with van der Waals surface area (Å²) < 4.78 is 46.5. The van der Waals surface area contributed by atoms with Crippen LogP contribution in [0.15, 0.2) is 23.3 Å². The average molecular weight is 405 g/mol. The predicted octanol–water partition coefficient (Wildman–Crippen LogP) is 3.91. The highest BCUT2D eigenvalue weighted by Gasteiger charge is 2.68. The molecular weight excluding hydrogens is 385 g/mol. The van der Waals surface area contributed by atoms with E-state index in [-0.39, 0.29) is 23.1 Å². The maximum absolute atomic E-state index is 13.7. The Bertz CT molecular complexity index is 784. The lowest BCUT2D eigenvalue weighted by Crippen LogP contribution is -2.62. The number of rotatable bonds is 3. The molecule has 1 heterocycles. The molecule has 27 heavy (non-hydrogen) atoms. The smallest absolute Gasteiger partial charge is 0.439 e. The van der Waals surface area contributed by atoms with Crippen molar-refractivity contribution in [2.45, 2.75) is 45.0 Å². The van der Waals surface area contributed by atoms with Crippen molar-refractivity contribution in [3.05, 3.63) is 28.8 Å². The molecule has 2 aliphatic rings. The van der Waals surface area contributed by atoms with Gasteiger partial charge in [-0.3, -0.25) is 4.79 Å². The van der Waals surface area contributed by atoms with Crippen molar-refractivity contribution in [2.75, 3.05) is 6.61 Å². The maximum Gasteiger partial charge on any atom is 0.439 e. The van der Waals surface area contributed by atoms with Crippen molar-refractivity contribution in [3.63, 3.8) is 0 Å². The molecule has 0 saturated heterocycles. The molecule has 1 fully saturated rings. The molecule has 3 rings (SSSR count). The van der Waals surface area contributed by atoms with Crippen LogP contribution in [0, 0.1) is 18.8 Å². The van der Waals surface area contributed by atoms with E-state index >= 15 is 0 Å². The van der Waals surface area contributed by atoms with Crippen LogP contribution >= 0.6 is 11.6 Å². The number of hydrazone groups is 1. The Morgan fingerprint density at radius 3 is 2.81 bits per heavy atom. The standard InChI is InChI=1S/C18H20ClF3N2O3/c1-10-3-6-15-13(7-10)17(26,18(20,21)22)24(23-15)16(25)9-27-12-4-5-14(19)11(2)8-12/h4-5,8,10,13,26H,3,6-7,9H2,1-2H3/t10-,13+,17-/m0/s1. The van der Waals surface area contributed by atoms with E-state index in [1.54, 1.807) is 19.1 Å². The zero-order valence-electron chi connectivity index (χ0n) is 14.9. The molecule has 1 N–H and O–H groups in total. The summed E-state index contributed by atoms with van der Waals surface area (Å²) in [5.74, 6) is -2.01. The molecule has 1 aliphatic carbocycles. The number of hydrogen-bond acceptors (Lipinski definition) is 4. The fraction of sp³-hybridized carbons (Fsp3) is 0.556. The van der Waals surface area contributed by atoms with Crippen LogP contribution in [-0.2, 0) is 4.79 Å². The van der Waals surface area contributed by atoms with Crippen molar-refractivity contribution >= 4 is 23.2 Å². The van der Waals surface area contributed by atoms with Crippen LogP contribution in [0.4, 0.5) is 13.2 Å². The summed E-state index contributed by atoms with van der Waals surface area (Å²) in [6.07, 6.45) is -3.92. The van der Waals surface area contributed by atoms with Crippen LogP contribution in [0.3, 0.4) is 0 Å². The van der Waals surface area contributed by atoms with Gasteiger partial charge >= 0.3 is 6.18 Å². The van der Waals surface area contributed by atoms with Crippen LogP contribution in [0.5, 0.6) is 5.75 Å². The Morgan fingerprint density at radius 2 is 2.19 bits per heavy atom. The van der Waals surface area contributed by atoms with Crippen LogP contribution in [-0.4, -0.2) is 40.2 Å². The van der Waals surface area contributed by atoms with Crippen molar-refractivity contribution in [3.8, 4) is 5.75 Å². The Kier molecular flexibility index (Phi) is 5.16. The topological polar surface area (TPSA) is 62.1 Å². The molecule has 148 valence electrons.